The smallest absolute Gasteiger partial charge is 0.241 e. The third-order valence-electron chi connectivity index (χ3n) is 2.55. The third-order valence-corrected chi connectivity index (χ3v) is 2.75. The minimum absolute atomic E-state index is 0.0213. The molecule has 1 heterocycles. The highest BCUT2D eigenvalue weighted by molar-refractivity contribution is 6.29. The number of methoxy groups -OCH3 is 1. The molecule has 6 nitrogen and oxygen atoms in total. The maximum absolute atomic E-state index is 11.8. The summed E-state index contributed by atoms with van der Waals surface area (Å²) in [6.45, 7) is 5.73. The van der Waals surface area contributed by atoms with Crippen molar-refractivity contribution in [1.29, 1.82) is 0 Å². The summed E-state index contributed by atoms with van der Waals surface area (Å²) >= 11 is 5.88. The molecule has 0 saturated carbocycles. The highest BCUT2D eigenvalue weighted by atomic mass is 35.5. The van der Waals surface area contributed by atoms with Gasteiger partial charge in [-0.1, -0.05) is 11.6 Å². The first kappa shape index (κ1) is 15.7. The van der Waals surface area contributed by atoms with Gasteiger partial charge in [0.2, 0.25) is 5.91 Å². The van der Waals surface area contributed by atoms with E-state index in [1.54, 1.807) is 18.1 Å². The number of likely N-dealkylation sites (N-methyl/N-ethyl adjacent to an activating group) is 1. The summed E-state index contributed by atoms with van der Waals surface area (Å²) in [5.41, 5.74) is 0. The SMILES string of the molecule is CCN(CC)C(=O)CNc1cc(Cl)nc(COC)n1. The van der Waals surface area contributed by atoms with Gasteiger partial charge in [-0.2, -0.15) is 0 Å². The normalized spacial score (nSPS) is 10.3. The topological polar surface area (TPSA) is 67.4 Å². The lowest BCUT2D eigenvalue weighted by Crippen LogP contribution is -2.35. The Morgan fingerprint density at radius 3 is 2.68 bits per heavy atom. The Bertz CT molecular complexity index is 424. The molecular weight excluding hydrogens is 268 g/mol. The summed E-state index contributed by atoms with van der Waals surface area (Å²) in [4.78, 5) is 21.8. The van der Waals surface area contributed by atoms with Crippen molar-refractivity contribution in [2.75, 3.05) is 32.1 Å². The second-order valence-corrected chi connectivity index (χ2v) is 4.23. The van der Waals surface area contributed by atoms with Gasteiger partial charge in [-0.3, -0.25) is 4.79 Å². The van der Waals surface area contributed by atoms with Crippen molar-refractivity contribution in [2.24, 2.45) is 0 Å². The van der Waals surface area contributed by atoms with E-state index in [2.05, 4.69) is 15.3 Å². The van der Waals surface area contributed by atoms with Crippen LogP contribution in [-0.2, 0) is 16.1 Å². The average molecular weight is 287 g/mol. The summed E-state index contributed by atoms with van der Waals surface area (Å²) in [5.74, 6) is 1.02. The van der Waals surface area contributed by atoms with Crippen molar-refractivity contribution in [3.63, 3.8) is 0 Å². The van der Waals surface area contributed by atoms with Crippen molar-refractivity contribution in [3.8, 4) is 0 Å². The number of rotatable bonds is 7. The fourth-order valence-corrected chi connectivity index (χ4v) is 1.80. The van der Waals surface area contributed by atoms with Crippen LogP contribution < -0.4 is 5.32 Å². The highest BCUT2D eigenvalue weighted by Crippen LogP contribution is 2.11. The quantitative estimate of drug-likeness (QED) is 0.771. The van der Waals surface area contributed by atoms with Crippen LogP contribution in [0.3, 0.4) is 0 Å². The molecular formula is C12H19ClN4O2. The van der Waals surface area contributed by atoms with E-state index in [1.807, 2.05) is 13.8 Å². The van der Waals surface area contributed by atoms with Gasteiger partial charge in [0.05, 0.1) is 6.54 Å². The van der Waals surface area contributed by atoms with Crippen LogP contribution in [0.5, 0.6) is 0 Å². The molecule has 1 amide bonds. The van der Waals surface area contributed by atoms with E-state index in [0.717, 1.165) is 0 Å². The molecule has 0 aliphatic heterocycles. The van der Waals surface area contributed by atoms with Crippen LogP contribution in [0.15, 0.2) is 6.07 Å². The molecule has 1 aromatic heterocycles. The number of nitrogens with zero attached hydrogens (tertiary/aromatic N) is 3. The summed E-state index contributed by atoms with van der Waals surface area (Å²) < 4.78 is 4.95. The van der Waals surface area contributed by atoms with Gasteiger partial charge in [0.25, 0.3) is 0 Å². The Labute approximate surface area is 118 Å². The summed E-state index contributed by atoms with van der Waals surface area (Å²) in [7, 11) is 1.56. The minimum Gasteiger partial charge on any atom is -0.377 e. The van der Waals surface area contributed by atoms with Gasteiger partial charge >= 0.3 is 0 Å². The van der Waals surface area contributed by atoms with E-state index >= 15 is 0 Å². The lowest BCUT2D eigenvalue weighted by Gasteiger charge is -2.18. The predicted octanol–water partition coefficient (Wildman–Crippen LogP) is 1.56. The molecule has 0 aliphatic carbocycles. The van der Waals surface area contributed by atoms with Crippen molar-refractivity contribution < 1.29 is 9.53 Å². The van der Waals surface area contributed by atoms with E-state index in [1.165, 1.54) is 0 Å². The number of aromatic nitrogens is 2. The molecule has 0 unspecified atom stereocenters. The van der Waals surface area contributed by atoms with Crippen LogP contribution in [0.1, 0.15) is 19.7 Å². The van der Waals surface area contributed by atoms with Gasteiger partial charge in [-0.05, 0) is 13.8 Å². The lowest BCUT2D eigenvalue weighted by atomic mass is 10.4. The number of carbonyl (C=O) groups excluding carboxylic acids is 1. The first-order chi connectivity index (χ1) is 9.10. The molecule has 0 bridgehead atoms. The van der Waals surface area contributed by atoms with Crippen LogP contribution in [0, 0.1) is 0 Å². The predicted molar refractivity (Wildman–Crippen MR) is 74.2 cm³/mol. The first-order valence-electron chi connectivity index (χ1n) is 6.14. The molecule has 0 spiro atoms. The maximum Gasteiger partial charge on any atom is 0.241 e. The zero-order valence-corrected chi connectivity index (χ0v) is 12.2. The molecule has 1 aromatic rings. The Morgan fingerprint density at radius 1 is 1.42 bits per heavy atom. The van der Waals surface area contributed by atoms with E-state index in [-0.39, 0.29) is 19.1 Å². The van der Waals surface area contributed by atoms with Gasteiger partial charge < -0.3 is 15.0 Å². The van der Waals surface area contributed by atoms with Crippen molar-refractivity contribution in [3.05, 3.63) is 17.0 Å². The number of halogens is 1. The van der Waals surface area contributed by atoms with Gasteiger partial charge in [0.1, 0.15) is 17.6 Å². The zero-order chi connectivity index (χ0) is 14.3. The molecule has 0 radical (unpaired) electrons. The van der Waals surface area contributed by atoms with Crippen molar-refractivity contribution >= 4 is 23.3 Å². The van der Waals surface area contributed by atoms with E-state index < -0.39 is 0 Å². The van der Waals surface area contributed by atoms with E-state index in [4.69, 9.17) is 16.3 Å². The Kier molecular flexibility index (Phi) is 6.52. The Hall–Kier alpha value is -1.40. The van der Waals surface area contributed by atoms with Gasteiger partial charge in [-0.15, -0.1) is 0 Å². The number of amides is 1. The first-order valence-corrected chi connectivity index (χ1v) is 6.52. The maximum atomic E-state index is 11.8. The number of ether oxygens (including phenoxy) is 1. The summed E-state index contributed by atoms with van der Waals surface area (Å²) in [5, 5.41) is 3.27. The fraction of sp³-hybridized carbons (Fsp3) is 0.583. The molecule has 0 fully saturated rings. The second-order valence-electron chi connectivity index (χ2n) is 3.84. The molecule has 0 aromatic carbocycles. The van der Waals surface area contributed by atoms with Gasteiger partial charge in [-0.25, -0.2) is 9.97 Å². The Morgan fingerprint density at radius 2 is 2.11 bits per heavy atom. The fourth-order valence-electron chi connectivity index (χ4n) is 1.60. The number of anilines is 1. The standard InChI is InChI=1S/C12H19ClN4O2/c1-4-17(5-2)12(18)7-14-10-6-9(13)15-11(16-10)8-19-3/h6H,4-5,7-8H2,1-3H3,(H,14,15,16). The molecule has 1 rings (SSSR count). The number of nitrogens with one attached hydrogen (secondary N) is 1. The summed E-state index contributed by atoms with van der Waals surface area (Å²) in [6.07, 6.45) is 0. The lowest BCUT2D eigenvalue weighted by molar-refractivity contribution is -0.128. The van der Waals surface area contributed by atoms with Crippen molar-refractivity contribution in [1.82, 2.24) is 14.9 Å². The van der Waals surface area contributed by atoms with E-state index in [0.29, 0.717) is 29.9 Å². The average Bonchev–Trinajstić information content (AvgIpc) is 2.37. The number of hydrogen-bond acceptors (Lipinski definition) is 5. The molecule has 0 aliphatic rings. The highest BCUT2D eigenvalue weighted by Gasteiger charge is 2.10. The Balaban J connectivity index is 2.64. The third kappa shape index (κ3) is 5.00. The number of hydrogen-bond donors (Lipinski definition) is 1. The molecule has 0 atom stereocenters. The monoisotopic (exact) mass is 286 g/mol. The minimum atomic E-state index is 0.0213. The van der Waals surface area contributed by atoms with Gasteiger partial charge in [0.15, 0.2) is 5.82 Å². The van der Waals surface area contributed by atoms with E-state index in [9.17, 15) is 4.79 Å². The van der Waals surface area contributed by atoms with Crippen LogP contribution in [0.25, 0.3) is 0 Å². The molecule has 0 saturated heterocycles. The van der Waals surface area contributed by atoms with Crippen molar-refractivity contribution in [2.45, 2.75) is 20.5 Å². The largest absolute Gasteiger partial charge is 0.377 e. The van der Waals surface area contributed by atoms with Crippen LogP contribution in [0.4, 0.5) is 5.82 Å². The number of carbonyl (C=O) groups is 1. The van der Waals surface area contributed by atoms with Gasteiger partial charge in [0, 0.05) is 26.3 Å². The zero-order valence-electron chi connectivity index (χ0n) is 11.4. The second kappa shape index (κ2) is 7.91. The molecule has 106 valence electrons. The van der Waals surface area contributed by atoms with Crippen LogP contribution in [0.2, 0.25) is 5.15 Å². The summed E-state index contributed by atoms with van der Waals surface area (Å²) in [6, 6.07) is 1.58. The van der Waals surface area contributed by atoms with Crippen LogP contribution in [-0.4, -0.2) is 47.5 Å². The molecule has 19 heavy (non-hydrogen) atoms. The molecule has 7 heteroatoms. The van der Waals surface area contributed by atoms with Crippen LogP contribution >= 0.6 is 11.6 Å². The molecule has 1 N–H and O–H groups in total.